The fourth-order valence-electron chi connectivity index (χ4n) is 3.47. The molecule has 1 saturated carbocycles. The van der Waals surface area contributed by atoms with Gasteiger partial charge in [-0.05, 0) is 38.5 Å². The first kappa shape index (κ1) is 13.6. The van der Waals surface area contributed by atoms with Crippen LogP contribution in [-0.4, -0.2) is 33.8 Å². The summed E-state index contributed by atoms with van der Waals surface area (Å²) in [6.07, 6.45) is 11.9. The molecule has 0 bridgehead atoms. The Labute approximate surface area is 121 Å². The second kappa shape index (κ2) is 6.37. The van der Waals surface area contributed by atoms with Crippen LogP contribution in [0.5, 0.6) is 0 Å². The summed E-state index contributed by atoms with van der Waals surface area (Å²) in [6, 6.07) is 1.15. The molecule has 1 atom stereocenters. The maximum Gasteiger partial charge on any atom is 0.244 e. The van der Waals surface area contributed by atoms with Crippen LogP contribution in [0.1, 0.15) is 58.3 Å². The van der Waals surface area contributed by atoms with Crippen LogP contribution in [-0.2, 0) is 0 Å². The van der Waals surface area contributed by atoms with E-state index in [0.29, 0.717) is 18.0 Å². The van der Waals surface area contributed by atoms with Crippen LogP contribution >= 0.6 is 0 Å². The van der Waals surface area contributed by atoms with Gasteiger partial charge in [-0.15, -0.1) is 5.10 Å². The smallest absolute Gasteiger partial charge is 0.244 e. The summed E-state index contributed by atoms with van der Waals surface area (Å²) < 4.78 is 0. The lowest BCUT2D eigenvalue weighted by molar-refractivity contribution is 0.446. The Morgan fingerprint density at radius 1 is 1.20 bits per heavy atom. The van der Waals surface area contributed by atoms with Crippen molar-refractivity contribution < 1.29 is 0 Å². The number of hydrogen-bond acceptors (Lipinski definition) is 5. The van der Waals surface area contributed by atoms with Crippen LogP contribution < -0.4 is 10.2 Å². The third-order valence-electron chi connectivity index (χ3n) is 4.63. The van der Waals surface area contributed by atoms with E-state index in [1.54, 1.807) is 0 Å². The molecule has 0 aromatic carbocycles. The van der Waals surface area contributed by atoms with Gasteiger partial charge in [0, 0.05) is 18.6 Å². The summed E-state index contributed by atoms with van der Waals surface area (Å²) in [4.78, 5) is 7.11. The van der Waals surface area contributed by atoms with Crippen molar-refractivity contribution in [2.24, 2.45) is 0 Å². The largest absolute Gasteiger partial charge is 0.352 e. The molecule has 0 spiro atoms. The van der Waals surface area contributed by atoms with Gasteiger partial charge in [-0.1, -0.05) is 19.8 Å². The Morgan fingerprint density at radius 3 is 2.80 bits per heavy atom. The SMILES string of the molecule is CCC1CCCCN1c1cnnc(NC2CCCC2)n1. The van der Waals surface area contributed by atoms with Gasteiger partial charge in [0.05, 0.1) is 6.20 Å². The molecule has 1 aromatic heterocycles. The van der Waals surface area contributed by atoms with E-state index in [1.807, 2.05) is 6.20 Å². The third-order valence-corrected chi connectivity index (χ3v) is 4.63. The van der Waals surface area contributed by atoms with Crippen molar-refractivity contribution in [3.8, 4) is 0 Å². The van der Waals surface area contributed by atoms with Gasteiger partial charge in [0.15, 0.2) is 5.82 Å². The van der Waals surface area contributed by atoms with Crippen molar-refractivity contribution >= 4 is 11.8 Å². The molecule has 2 fully saturated rings. The van der Waals surface area contributed by atoms with Gasteiger partial charge in [0.1, 0.15) is 0 Å². The molecule has 1 aliphatic carbocycles. The first-order valence-electron chi connectivity index (χ1n) is 8.09. The van der Waals surface area contributed by atoms with Crippen molar-refractivity contribution in [2.45, 2.75) is 70.4 Å². The number of rotatable bonds is 4. The molecule has 0 radical (unpaired) electrons. The van der Waals surface area contributed by atoms with E-state index < -0.39 is 0 Å². The van der Waals surface area contributed by atoms with Gasteiger partial charge < -0.3 is 10.2 Å². The first-order chi connectivity index (χ1) is 9.86. The van der Waals surface area contributed by atoms with Gasteiger partial charge in [0.2, 0.25) is 5.95 Å². The Morgan fingerprint density at radius 2 is 2.00 bits per heavy atom. The predicted octanol–water partition coefficient (Wildman–Crippen LogP) is 3.00. The van der Waals surface area contributed by atoms with Crippen LogP contribution in [0, 0.1) is 0 Å². The number of piperidine rings is 1. The maximum absolute atomic E-state index is 4.70. The number of nitrogens with zero attached hydrogens (tertiary/aromatic N) is 4. The summed E-state index contributed by atoms with van der Waals surface area (Å²) in [5.74, 6) is 1.70. The van der Waals surface area contributed by atoms with Gasteiger partial charge in [-0.3, -0.25) is 0 Å². The topological polar surface area (TPSA) is 53.9 Å². The quantitative estimate of drug-likeness (QED) is 0.915. The highest BCUT2D eigenvalue weighted by atomic mass is 15.3. The minimum atomic E-state index is 0.537. The molecule has 0 amide bonds. The molecular formula is C15H25N5. The van der Waals surface area contributed by atoms with Crippen molar-refractivity contribution in [3.63, 3.8) is 0 Å². The summed E-state index contributed by atoms with van der Waals surface area (Å²) in [6.45, 7) is 3.36. The fourth-order valence-corrected chi connectivity index (χ4v) is 3.47. The van der Waals surface area contributed by atoms with Crippen LogP contribution in [0.2, 0.25) is 0 Å². The minimum Gasteiger partial charge on any atom is -0.352 e. The van der Waals surface area contributed by atoms with E-state index >= 15 is 0 Å². The summed E-state index contributed by atoms with van der Waals surface area (Å²) in [7, 11) is 0. The third kappa shape index (κ3) is 3.02. The average Bonchev–Trinajstić information content (AvgIpc) is 3.00. The van der Waals surface area contributed by atoms with E-state index in [1.165, 1.54) is 51.4 Å². The first-order valence-corrected chi connectivity index (χ1v) is 8.09. The molecule has 1 aliphatic heterocycles. The predicted molar refractivity (Wildman–Crippen MR) is 81.0 cm³/mol. The van der Waals surface area contributed by atoms with Crippen LogP contribution in [0.3, 0.4) is 0 Å². The van der Waals surface area contributed by atoms with Crippen LogP contribution in [0.15, 0.2) is 6.20 Å². The minimum absolute atomic E-state index is 0.537. The van der Waals surface area contributed by atoms with Crippen molar-refractivity contribution in [1.29, 1.82) is 0 Å². The highest BCUT2D eigenvalue weighted by Crippen LogP contribution is 2.25. The van der Waals surface area contributed by atoms with Crippen LogP contribution in [0.25, 0.3) is 0 Å². The van der Waals surface area contributed by atoms with Crippen molar-refractivity contribution in [1.82, 2.24) is 15.2 Å². The molecule has 20 heavy (non-hydrogen) atoms. The molecule has 110 valence electrons. The molecule has 1 saturated heterocycles. The van der Waals surface area contributed by atoms with E-state index in [-0.39, 0.29) is 0 Å². The number of nitrogens with one attached hydrogen (secondary N) is 1. The molecule has 5 heteroatoms. The van der Waals surface area contributed by atoms with Gasteiger partial charge >= 0.3 is 0 Å². The zero-order chi connectivity index (χ0) is 13.8. The van der Waals surface area contributed by atoms with E-state index in [9.17, 15) is 0 Å². The number of hydrogen-bond donors (Lipinski definition) is 1. The Balaban J connectivity index is 1.72. The summed E-state index contributed by atoms with van der Waals surface area (Å²) >= 11 is 0. The molecule has 1 aromatic rings. The lowest BCUT2D eigenvalue weighted by Crippen LogP contribution is -2.39. The fraction of sp³-hybridized carbons (Fsp3) is 0.800. The van der Waals surface area contributed by atoms with Gasteiger partial charge in [0.25, 0.3) is 0 Å². The monoisotopic (exact) mass is 275 g/mol. The summed E-state index contributed by atoms with van der Waals surface area (Å²) in [5, 5.41) is 11.7. The summed E-state index contributed by atoms with van der Waals surface area (Å²) in [5.41, 5.74) is 0. The zero-order valence-electron chi connectivity index (χ0n) is 12.4. The van der Waals surface area contributed by atoms with Crippen LogP contribution in [0.4, 0.5) is 11.8 Å². The molecular weight excluding hydrogens is 250 g/mol. The molecule has 2 aliphatic rings. The van der Waals surface area contributed by atoms with E-state index in [0.717, 1.165) is 12.4 Å². The second-order valence-electron chi connectivity index (χ2n) is 6.02. The van der Waals surface area contributed by atoms with Crippen molar-refractivity contribution in [3.05, 3.63) is 6.20 Å². The van der Waals surface area contributed by atoms with E-state index in [4.69, 9.17) is 4.98 Å². The Hall–Kier alpha value is -1.39. The standard InChI is InChI=1S/C15H25N5/c1-2-13-9-5-6-10-20(13)14-11-16-19-15(18-14)17-12-7-3-4-8-12/h11-13H,2-10H2,1H3,(H,17,18,19). The Kier molecular flexibility index (Phi) is 4.33. The normalized spacial score (nSPS) is 24.1. The Bertz CT molecular complexity index is 430. The second-order valence-corrected chi connectivity index (χ2v) is 6.02. The highest BCUT2D eigenvalue weighted by molar-refractivity contribution is 5.42. The maximum atomic E-state index is 4.70. The molecule has 5 nitrogen and oxygen atoms in total. The van der Waals surface area contributed by atoms with E-state index in [2.05, 4.69) is 27.3 Å². The highest BCUT2D eigenvalue weighted by Gasteiger charge is 2.23. The van der Waals surface area contributed by atoms with Gasteiger partial charge in [-0.25, -0.2) is 0 Å². The molecule has 1 unspecified atom stereocenters. The number of aromatic nitrogens is 3. The lowest BCUT2D eigenvalue weighted by atomic mass is 10.0. The van der Waals surface area contributed by atoms with Gasteiger partial charge in [-0.2, -0.15) is 10.1 Å². The zero-order valence-corrected chi connectivity index (χ0v) is 12.4. The molecule has 3 rings (SSSR count). The van der Waals surface area contributed by atoms with Crippen molar-refractivity contribution in [2.75, 3.05) is 16.8 Å². The molecule has 2 heterocycles. The lowest BCUT2D eigenvalue weighted by Gasteiger charge is -2.35. The average molecular weight is 275 g/mol. The molecule has 1 N–H and O–H groups in total. The number of anilines is 2.